The number of halogens is 1. The molecule has 0 saturated carbocycles. The predicted molar refractivity (Wildman–Crippen MR) is 120 cm³/mol. The molecule has 2 heterocycles. The van der Waals surface area contributed by atoms with E-state index in [0.717, 1.165) is 55.8 Å². The summed E-state index contributed by atoms with van der Waals surface area (Å²) in [6, 6.07) is 12.9. The van der Waals surface area contributed by atoms with Crippen molar-refractivity contribution in [2.75, 3.05) is 13.1 Å². The lowest BCUT2D eigenvalue weighted by molar-refractivity contribution is 0.159. The van der Waals surface area contributed by atoms with Crippen LogP contribution in [0.1, 0.15) is 55.2 Å². The fourth-order valence-corrected chi connectivity index (χ4v) is 4.19. The first-order valence-electron chi connectivity index (χ1n) is 10.2. The van der Waals surface area contributed by atoms with E-state index in [1.54, 1.807) is 0 Å². The summed E-state index contributed by atoms with van der Waals surface area (Å²) in [4.78, 5) is 15.6. The summed E-state index contributed by atoms with van der Waals surface area (Å²) in [5.41, 5.74) is 10.5. The molecule has 2 aromatic heterocycles. The van der Waals surface area contributed by atoms with Crippen LogP contribution in [0.3, 0.4) is 0 Å². The molecule has 0 bridgehead atoms. The van der Waals surface area contributed by atoms with Crippen molar-refractivity contribution in [3.63, 3.8) is 0 Å². The van der Waals surface area contributed by atoms with Crippen LogP contribution >= 0.6 is 17.0 Å². The lowest BCUT2D eigenvalue weighted by Gasteiger charge is -2.34. The third-order valence-corrected chi connectivity index (χ3v) is 5.55. The zero-order valence-electron chi connectivity index (χ0n) is 16.3. The molecule has 1 unspecified atom stereocenters. The van der Waals surface area contributed by atoms with E-state index in [4.69, 9.17) is 15.7 Å². The van der Waals surface area contributed by atoms with E-state index >= 15 is 0 Å². The lowest BCUT2D eigenvalue weighted by atomic mass is 9.90. The van der Waals surface area contributed by atoms with Crippen LogP contribution in [-0.4, -0.2) is 32.9 Å². The van der Waals surface area contributed by atoms with Crippen molar-refractivity contribution in [1.82, 2.24) is 19.9 Å². The third-order valence-electron chi connectivity index (χ3n) is 5.55. The number of aromatic amines is 1. The van der Waals surface area contributed by atoms with Gasteiger partial charge in [0.05, 0.1) is 29.3 Å². The molecule has 1 atom stereocenters. The molecule has 3 aromatic rings. The van der Waals surface area contributed by atoms with E-state index in [2.05, 4.69) is 40.2 Å². The van der Waals surface area contributed by atoms with Gasteiger partial charge >= 0.3 is 0 Å². The van der Waals surface area contributed by atoms with E-state index in [1.165, 1.54) is 30.5 Å². The van der Waals surface area contributed by atoms with Gasteiger partial charge < -0.3 is 10.7 Å². The zero-order chi connectivity index (χ0) is 18.5. The Labute approximate surface area is 177 Å². The van der Waals surface area contributed by atoms with E-state index in [0.29, 0.717) is 6.04 Å². The number of aromatic nitrogens is 3. The summed E-state index contributed by atoms with van der Waals surface area (Å²) in [7, 11) is 0. The molecule has 0 spiro atoms. The molecule has 28 heavy (non-hydrogen) atoms. The van der Waals surface area contributed by atoms with Crippen molar-refractivity contribution < 1.29 is 0 Å². The first-order chi connectivity index (χ1) is 13.3. The number of fused-ring (bicyclic) bond motifs is 2. The van der Waals surface area contributed by atoms with Crippen LogP contribution in [-0.2, 0) is 13.0 Å². The molecular formula is C22H30BrN5. The molecule has 0 amide bonds. The maximum atomic E-state index is 5.68. The minimum atomic E-state index is 0. The molecule has 1 aliphatic rings. The Bertz CT molecular complexity index is 845. The molecule has 0 radical (unpaired) electrons. The van der Waals surface area contributed by atoms with Crippen molar-refractivity contribution in [2.24, 2.45) is 5.73 Å². The maximum Gasteiger partial charge on any atom is 0.121 e. The highest BCUT2D eigenvalue weighted by atomic mass is 79.9. The Balaban J connectivity index is 0.00000225. The molecule has 3 N–H and O–H groups in total. The Hall–Kier alpha value is -1.76. The second kappa shape index (κ2) is 10.1. The van der Waals surface area contributed by atoms with Gasteiger partial charge in [0, 0.05) is 6.20 Å². The monoisotopic (exact) mass is 443 g/mol. The van der Waals surface area contributed by atoms with Gasteiger partial charge in [-0.3, -0.25) is 9.88 Å². The van der Waals surface area contributed by atoms with Crippen LogP contribution in [0.15, 0.2) is 42.6 Å². The van der Waals surface area contributed by atoms with Crippen LogP contribution < -0.4 is 5.73 Å². The van der Waals surface area contributed by atoms with E-state index < -0.39 is 0 Å². The molecule has 4 rings (SSSR count). The van der Waals surface area contributed by atoms with Crippen molar-refractivity contribution in [2.45, 2.75) is 51.1 Å². The largest absolute Gasteiger partial charge is 0.341 e. The average Bonchev–Trinajstić information content (AvgIpc) is 3.12. The number of unbranched alkanes of at least 4 members (excludes halogenated alkanes) is 2. The summed E-state index contributed by atoms with van der Waals surface area (Å²) >= 11 is 0. The third kappa shape index (κ3) is 4.80. The van der Waals surface area contributed by atoms with E-state index in [1.807, 2.05) is 12.3 Å². The minimum Gasteiger partial charge on any atom is -0.341 e. The molecule has 0 fully saturated rings. The summed E-state index contributed by atoms with van der Waals surface area (Å²) in [6.45, 7) is 2.66. The first-order valence-corrected chi connectivity index (χ1v) is 10.2. The number of imidazole rings is 1. The van der Waals surface area contributed by atoms with Gasteiger partial charge in [-0.1, -0.05) is 24.6 Å². The van der Waals surface area contributed by atoms with Crippen LogP contribution in [0.25, 0.3) is 11.0 Å². The Morgan fingerprint density at radius 1 is 1.11 bits per heavy atom. The second-order valence-corrected chi connectivity index (χ2v) is 7.48. The highest BCUT2D eigenvalue weighted by Crippen LogP contribution is 2.33. The fraction of sp³-hybridized carbons (Fsp3) is 0.455. The number of aryl methyl sites for hydroxylation is 1. The summed E-state index contributed by atoms with van der Waals surface area (Å²) in [5.74, 6) is 1.04. The van der Waals surface area contributed by atoms with Gasteiger partial charge in [0.1, 0.15) is 5.82 Å². The van der Waals surface area contributed by atoms with Crippen molar-refractivity contribution >= 4 is 28.0 Å². The predicted octanol–water partition coefficient (Wildman–Crippen LogP) is 4.54. The van der Waals surface area contributed by atoms with Crippen LogP contribution in [0.2, 0.25) is 0 Å². The van der Waals surface area contributed by atoms with Gasteiger partial charge in [0.2, 0.25) is 0 Å². The lowest BCUT2D eigenvalue weighted by Crippen LogP contribution is -2.33. The molecule has 150 valence electrons. The number of nitrogens with one attached hydrogen (secondary N) is 1. The van der Waals surface area contributed by atoms with Gasteiger partial charge in [-0.15, -0.1) is 17.0 Å². The number of para-hydroxylation sites is 2. The summed E-state index contributed by atoms with van der Waals surface area (Å²) in [5, 5.41) is 0. The molecule has 0 aliphatic heterocycles. The number of benzene rings is 1. The smallest absolute Gasteiger partial charge is 0.121 e. The number of rotatable bonds is 8. The Morgan fingerprint density at radius 2 is 2.00 bits per heavy atom. The minimum absolute atomic E-state index is 0. The highest BCUT2D eigenvalue weighted by molar-refractivity contribution is 8.93. The number of nitrogens with two attached hydrogens (primary N) is 1. The van der Waals surface area contributed by atoms with Gasteiger partial charge in [-0.05, 0) is 69.0 Å². The van der Waals surface area contributed by atoms with Crippen molar-refractivity contribution in [1.29, 1.82) is 0 Å². The van der Waals surface area contributed by atoms with Gasteiger partial charge in [0.25, 0.3) is 0 Å². The Kier molecular flexibility index (Phi) is 7.59. The van der Waals surface area contributed by atoms with Gasteiger partial charge in [-0.2, -0.15) is 0 Å². The average molecular weight is 444 g/mol. The number of hydrogen-bond donors (Lipinski definition) is 2. The number of hydrogen-bond acceptors (Lipinski definition) is 4. The highest BCUT2D eigenvalue weighted by Gasteiger charge is 2.27. The van der Waals surface area contributed by atoms with Gasteiger partial charge in [0.15, 0.2) is 0 Å². The molecule has 0 saturated heterocycles. The van der Waals surface area contributed by atoms with Crippen LogP contribution in [0.4, 0.5) is 0 Å². The first kappa shape index (κ1) is 21.0. The molecule has 1 aliphatic carbocycles. The summed E-state index contributed by atoms with van der Waals surface area (Å²) in [6.07, 6.45) is 8.91. The second-order valence-electron chi connectivity index (χ2n) is 7.48. The molecule has 5 nitrogen and oxygen atoms in total. The van der Waals surface area contributed by atoms with E-state index in [9.17, 15) is 0 Å². The van der Waals surface area contributed by atoms with Crippen molar-refractivity contribution in [3.05, 3.63) is 59.7 Å². The van der Waals surface area contributed by atoms with Crippen molar-refractivity contribution in [3.8, 4) is 0 Å². The normalized spacial score (nSPS) is 16.1. The fourth-order valence-electron chi connectivity index (χ4n) is 4.19. The van der Waals surface area contributed by atoms with E-state index in [-0.39, 0.29) is 17.0 Å². The quantitative estimate of drug-likeness (QED) is 0.501. The number of H-pyrrole nitrogens is 1. The number of pyridine rings is 1. The molecule has 1 aromatic carbocycles. The van der Waals surface area contributed by atoms with Crippen LogP contribution in [0, 0.1) is 0 Å². The Morgan fingerprint density at radius 3 is 2.86 bits per heavy atom. The summed E-state index contributed by atoms with van der Waals surface area (Å²) < 4.78 is 0. The molecular weight excluding hydrogens is 414 g/mol. The maximum absolute atomic E-state index is 5.68. The SMILES string of the molecule is Br.NCCCCCN(Cc1nc2ccccc2[nH]1)C1CCCc2cccnc21. The van der Waals surface area contributed by atoms with Gasteiger partial charge in [-0.25, -0.2) is 4.98 Å². The van der Waals surface area contributed by atoms with Crippen LogP contribution in [0.5, 0.6) is 0 Å². The zero-order valence-corrected chi connectivity index (χ0v) is 18.0. The standard InChI is InChI=1S/C22H29N5.BrH/c23-13-4-1-5-15-27(16-21-25-18-10-2-3-11-19(18)26-21)20-12-6-8-17-9-7-14-24-22(17)20;/h2-3,7,9-11,14,20H,1,4-6,8,12-13,15-16,23H2,(H,25,26);1H. The molecule has 6 heteroatoms. The number of nitrogens with zero attached hydrogens (tertiary/aromatic N) is 3. The topological polar surface area (TPSA) is 70.8 Å².